The van der Waals surface area contributed by atoms with Crippen molar-refractivity contribution in [2.45, 2.75) is 44.3 Å². The number of pyridine rings is 1. The maximum Gasteiger partial charge on any atom is 0.255 e. The van der Waals surface area contributed by atoms with Crippen molar-refractivity contribution in [1.82, 2.24) is 15.5 Å². The van der Waals surface area contributed by atoms with E-state index in [0.29, 0.717) is 59.3 Å². The number of anilines is 4. The minimum atomic E-state index is -0.173. The lowest BCUT2D eigenvalue weighted by atomic mass is 9.91. The average Bonchev–Trinajstić information content (AvgIpc) is 3.69. The van der Waals surface area contributed by atoms with Crippen LogP contribution in [0.5, 0.6) is 0 Å². The molecule has 3 aliphatic rings. The third-order valence-corrected chi connectivity index (χ3v) is 10.1. The molecule has 11 nitrogen and oxygen atoms in total. The van der Waals surface area contributed by atoms with Crippen molar-refractivity contribution >= 4 is 60.5 Å². The van der Waals surface area contributed by atoms with Gasteiger partial charge in [-0.2, -0.15) is 0 Å². The molecule has 7 rings (SSSR count). The van der Waals surface area contributed by atoms with Crippen LogP contribution in [0.3, 0.4) is 0 Å². The van der Waals surface area contributed by atoms with Crippen LogP contribution in [-0.2, 0) is 11.3 Å². The highest BCUT2D eigenvalue weighted by Crippen LogP contribution is 2.39. The lowest BCUT2D eigenvalue weighted by Crippen LogP contribution is -2.68. The summed E-state index contributed by atoms with van der Waals surface area (Å²) in [6, 6.07) is 6.01. The first-order chi connectivity index (χ1) is 19.5. The third-order valence-electron chi connectivity index (χ3n) is 7.79. The molecule has 1 aliphatic carbocycles. The first-order valence-electron chi connectivity index (χ1n) is 13.6. The molecule has 2 aliphatic heterocycles. The van der Waals surface area contributed by atoms with Gasteiger partial charge in [0.2, 0.25) is 5.88 Å². The zero-order chi connectivity index (χ0) is 27.2. The molecule has 0 radical (unpaired) electrons. The maximum atomic E-state index is 12.9. The van der Waals surface area contributed by atoms with Crippen molar-refractivity contribution in [3.05, 3.63) is 44.9 Å². The highest BCUT2D eigenvalue weighted by Gasteiger charge is 2.29. The Balaban J connectivity index is 1.19. The van der Waals surface area contributed by atoms with E-state index in [1.54, 1.807) is 23.5 Å². The summed E-state index contributed by atoms with van der Waals surface area (Å²) in [6.07, 6.45) is 4.51. The molecule has 208 valence electrons. The summed E-state index contributed by atoms with van der Waals surface area (Å²) in [5.74, 6) is 1.32. The van der Waals surface area contributed by atoms with Crippen LogP contribution in [-0.4, -0.2) is 54.4 Å². The molecule has 0 unspecified atom stereocenters. The van der Waals surface area contributed by atoms with Gasteiger partial charge in [0.25, 0.3) is 5.91 Å². The van der Waals surface area contributed by atoms with Crippen molar-refractivity contribution in [3.8, 4) is 11.3 Å². The summed E-state index contributed by atoms with van der Waals surface area (Å²) in [4.78, 5) is 32.5. The number of thiophene rings is 1. The zero-order valence-electron chi connectivity index (χ0n) is 21.8. The van der Waals surface area contributed by atoms with Crippen molar-refractivity contribution in [3.63, 3.8) is 0 Å². The summed E-state index contributed by atoms with van der Waals surface area (Å²) in [5.41, 5.74) is 7.17. The normalized spacial score (nSPS) is 20.9. The monoisotopic (exact) mass is 580 g/mol. The molecule has 1 saturated heterocycles. The van der Waals surface area contributed by atoms with Gasteiger partial charge in [0, 0.05) is 49.1 Å². The first-order valence-corrected chi connectivity index (χ1v) is 15.3. The molecule has 6 N–H and O–H groups in total. The molecule has 1 saturated carbocycles. The number of ether oxygens (including phenoxy) is 1. The van der Waals surface area contributed by atoms with Gasteiger partial charge in [0.05, 0.1) is 39.2 Å². The SMILES string of the molecule is [NH3+][C@@H]1CCCC[C@@H]1Nc1cc2c(c(Nc3cc(-c4csc5c(=O)cc(N6CCOCC6)sc45)no3)n1)C(=O)NC2. The molecule has 4 aromatic rings. The van der Waals surface area contributed by atoms with E-state index < -0.39 is 0 Å². The second-order valence-electron chi connectivity index (χ2n) is 10.4. The van der Waals surface area contributed by atoms with E-state index in [0.717, 1.165) is 46.8 Å². The number of nitrogens with zero attached hydrogens (tertiary/aromatic N) is 3. The number of hydrogen-bond acceptors (Lipinski definition) is 11. The molecule has 1 amide bonds. The van der Waals surface area contributed by atoms with E-state index in [1.165, 1.54) is 24.2 Å². The van der Waals surface area contributed by atoms with Gasteiger partial charge < -0.3 is 35.8 Å². The maximum absolute atomic E-state index is 12.9. The fourth-order valence-corrected chi connectivity index (χ4v) is 7.99. The molecular weight excluding hydrogens is 550 g/mol. The summed E-state index contributed by atoms with van der Waals surface area (Å²) in [7, 11) is 0. The zero-order valence-corrected chi connectivity index (χ0v) is 23.5. The number of amides is 1. The Morgan fingerprint density at radius 2 is 1.95 bits per heavy atom. The van der Waals surface area contributed by atoms with Crippen LogP contribution in [0.2, 0.25) is 0 Å². The second kappa shape index (κ2) is 10.5. The van der Waals surface area contributed by atoms with Gasteiger partial charge in [-0.25, -0.2) is 4.98 Å². The number of morpholine rings is 1. The van der Waals surface area contributed by atoms with Crippen LogP contribution in [0.25, 0.3) is 20.7 Å². The Labute approximate surface area is 237 Å². The number of carbonyl (C=O) groups excluding carboxylic acids is 1. The summed E-state index contributed by atoms with van der Waals surface area (Å²) < 4.78 is 12.7. The molecular formula is C27H30N7O4S2+. The van der Waals surface area contributed by atoms with Crippen molar-refractivity contribution in [2.75, 3.05) is 41.8 Å². The van der Waals surface area contributed by atoms with Gasteiger partial charge in [0.1, 0.15) is 23.4 Å². The van der Waals surface area contributed by atoms with Gasteiger partial charge in [-0.05, 0) is 24.5 Å². The predicted octanol–water partition coefficient (Wildman–Crippen LogP) is 3.16. The Morgan fingerprint density at radius 3 is 2.80 bits per heavy atom. The van der Waals surface area contributed by atoms with Crippen LogP contribution < -0.4 is 32.0 Å². The number of aromatic nitrogens is 2. The topological polar surface area (TPSA) is 149 Å². The van der Waals surface area contributed by atoms with Gasteiger partial charge in [0.15, 0.2) is 5.43 Å². The highest BCUT2D eigenvalue weighted by atomic mass is 32.1. The average molecular weight is 581 g/mol. The number of rotatable bonds is 6. The Kier molecular flexibility index (Phi) is 6.66. The van der Waals surface area contributed by atoms with E-state index in [2.05, 4.69) is 31.7 Å². The molecule has 6 heterocycles. The second-order valence-corrected chi connectivity index (χ2v) is 12.3. The number of quaternary nitrogens is 1. The molecule has 40 heavy (non-hydrogen) atoms. The standard InChI is InChI=1S/C27H29N7O4S2/c28-16-3-1-2-4-17(16)30-20-9-14-12-29-27(36)23(14)26(31-20)32-21-10-18(33-38-21)15-13-39-25-19(35)11-22(40-24(15)25)34-5-7-37-8-6-34/h9-11,13,16-17H,1-8,12,28H2,(H,29,36)(H2,30,31,32)/p+1/t16-,17+/m1/s1. The quantitative estimate of drug-likeness (QED) is 0.270. The molecule has 2 fully saturated rings. The highest BCUT2D eigenvalue weighted by molar-refractivity contribution is 7.28. The lowest BCUT2D eigenvalue weighted by molar-refractivity contribution is -0.427. The van der Waals surface area contributed by atoms with Crippen LogP contribution in [0.15, 0.2) is 32.9 Å². The minimum absolute atomic E-state index is 0.00547. The fraction of sp³-hybridized carbons (Fsp3) is 0.407. The van der Waals surface area contributed by atoms with Crippen LogP contribution in [0.1, 0.15) is 41.6 Å². The Bertz CT molecular complexity index is 1640. The molecule has 13 heteroatoms. The van der Waals surface area contributed by atoms with Crippen LogP contribution >= 0.6 is 22.7 Å². The van der Waals surface area contributed by atoms with Crippen LogP contribution in [0.4, 0.5) is 22.5 Å². The van der Waals surface area contributed by atoms with E-state index in [9.17, 15) is 9.59 Å². The summed E-state index contributed by atoms with van der Waals surface area (Å²) in [5, 5.41) is 16.8. The smallest absolute Gasteiger partial charge is 0.255 e. The van der Waals surface area contributed by atoms with E-state index in [1.807, 2.05) is 11.4 Å². The number of nitrogens with one attached hydrogen (secondary N) is 3. The van der Waals surface area contributed by atoms with Crippen molar-refractivity contribution in [2.24, 2.45) is 0 Å². The number of carbonyl (C=O) groups is 1. The van der Waals surface area contributed by atoms with Crippen molar-refractivity contribution in [1.29, 1.82) is 0 Å². The van der Waals surface area contributed by atoms with Gasteiger partial charge in [-0.1, -0.05) is 11.6 Å². The molecule has 2 atom stereocenters. The molecule has 0 aromatic carbocycles. The molecule has 0 bridgehead atoms. The molecule has 0 spiro atoms. The minimum Gasteiger partial charge on any atom is -0.378 e. The summed E-state index contributed by atoms with van der Waals surface area (Å²) >= 11 is 3.00. The van der Waals surface area contributed by atoms with E-state index in [4.69, 9.17) is 14.2 Å². The van der Waals surface area contributed by atoms with Gasteiger partial charge in [-0.3, -0.25) is 9.59 Å². The van der Waals surface area contributed by atoms with Crippen LogP contribution in [0, 0.1) is 0 Å². The molecule has 4 aromatic heterocycles. The van der Waals surface area contributed by atoms with Crippen molar-refractivity contribution < 1.29 is 19.8 Å². The number of fused-ring (bicyclic) bond motifs is 2. The largest absolute Gasteiger partial charge is 0.378 e. The third kappa shape index (κ3) is 4.72. The Hall–Kier alpha value is -3.52. The van der Waals surface area contributed by atoms with Gasteiger partial charge >= 0.3 is 0 Å². The fourth-order valence-electron chi connectivity index (χ4n) is 5.63. The summed E-state index contributed by atoms with van der Waals surface area (Å²) in [6.45, 7) is 3.26. The van der Waals surface area contributed by atoms with E-state index >= 15 is 0 Å². The predicted molar refractivity (Wildman–Crippen MR) is 156 cm³/mol. The van der Waals surface area contributed by atoms with Gasteiger partial charge in [-0.15, -0.1) is 22.7 Å². The number of hydrogen-bond donors (Lipinski definition) is 4. The first kappa shape index (κ1) is 25.4. The van der Waals surface area contributed by atoms with E-state index in [-0.39, 0.29) is 17.4 Å². The Morgan fingerprint density at radius 1 is 1.10 bits per heavy atom. The lowest BCUT2D eigenvalue weighted by Gasteiger charge is -2.28.